The summed E-state index contributed by atoms with van der Waals surface area (Å²) >= 11 is 0. The van der Waals surface area contributed by atoms with Gasteiger partial charge in [0.2, 0.25) is 5.91 Å². The Kier molecular flexibility index (Phi) is 5.30. The molecule has 2 rings (SSSR count). The molecule has 17 heavy (non-hydrogen) atoms. The van der Waals surface area contributed by atoms with E-state index < -0.39 is 0 Å². The molecular weight excluding hydrogens is 212 g/mol. The molecule has 1 saturated carbocycles. The van der Waals surface area contributed by atoms with Crippen molar-refractivity contribution in [2.24, 2.45) is 5.92 Å². The molecule has 3 nitrogen and oxygen atoms in total. The first-order valence-electron chi connectivity index (χ1n) is 7.34. The molecule has 0 aromatic carbocycles. The molecule has 98 valence electrons. The lowest BCUT2D eigenvalue weighted by atomic mass is 10.0. The molecule has 1 saturated heterocycles. The lowest BCUT2D eigenvalue weighted by molar-refractivity contribution is -0.121. The summed E-state index contributed by atoms with van der Waals surface area (Å²) in [6.07, 6.45) is 10.9. The van der Waals surface area contributed by atoms with Gasteiger partial charge in [0.25, 0.3) is 0 Å². The Hall–Kier alpha value is -0.570. The van der Waals surface area contributed by atoms with Crippen LogP contribution in [0.1, 0.15) is 57.8 Å². The number of rotatable bonds is 7. The highest BCUT2D eigenvalue weighted by molar-refractivity contribution is 5.75. The zero-order valence-electron chi connectivity index (χ0n) is 10.8. The molecule has 1 heterocycles. The van der Waals surface area contributed by atoms with E-state index in [1.807, 2.05) is 0 Å². The van der Waals surface area contributed by atoms with Gasteiger partial charge in [-0.15, -0.1) is 0 Å². The van der Waals surface area contributed by atoms with Crippen LogP contribution >= 0.6 is 0 Å². The molecule has 1 atom stereocenters. The monoisotopic (exact) mass is 238 g/mol. The molecule has 2 aliphatic rings. The number of amides is 1. The Labute approximate surface area is 105 Å². The van der Waals surface area contributed by atoms with Crippen LogP contribution in [0.4, 0.5) is 0 Å². The quantitative estimate of drug-likeness (QED) is 0.668. The van der Waals surface area contributed by atoms with E-state index in [0.29, 0.717) is 12.5 Å². The van der Waals surface area contributed by atoms with Crippen LogP contribution in [0.2, 0.25) is 0 Å². The van der Waals surface area contributed by atoms with E-state index in [1.54, 1.807) is 0 Å². The summed E-state index contributed by atoms with van der Waals surface area (Å²) < 4.78 is 0. The third-order valence-corrected chi connectivity index (χ3v) is 3.94. The topological polar surface area (TPSA) is 41.1 Å². The number of carbonyl (C=O) groups is 1. The molecule has 0 spiro atoms. The first-order valence-corrected chi connectivity index (χ1v) is 7.34. The Balaban J connectivity index is 1.44. The van der Waals surface area contributed by atoms with E-state index in [0.717, 1.165) is 31.8 Å². The van der Waals surface area contributed by atoms with Gasteiger partial charge in [-0.25, -0.2) is 0 Å². The predicted molar refractivity (Wildman–Crippen MR) is 69.8 cm³/mol. The van der Waals surface area contributed by atoms with Crippen LogP contribution < -0.4 is 10.6 Å². The van der Waals surface area contributed by atoms with E-state index in [-0.39, 0.29) is 5.91 Å². The van der Waals surface area contributed by atoms with E-state index in [4.69, 9.17) is 0 Å². The lowest BCUT2D eigenvalue weighted by Crippen LogP contribution is -2.35. The molecule has 2 N–H and O–H groups in total. The maximum atomic E-state index is 11.6. The van der Waals surface area contributed by atoms with Crippen molar-refractivity contribution in [1.82, 2.24) is 10.6 Å². The molecule has 0 radical (unpaired) electrons. The minimum atomic E-state index is 0.244. The predicted octanol–water partition coefficient (Wildman–Crippen LogP) is 2.22. The zero-order chi connectivity index (χ0) is 11.9. The maximum Gasteiger partial charge on any atom is 0.220 e. The Morgan fingerprint density at radius 1 is 1.18 bits per heavy atom. The first kappa shape index (κ1) is 12.9. The standard InChI is InChI=1S/C14H26N2O/c17-14(16-11-3-4-12-6-7-12)9-8-13-5-1-2-10-15-13/h12-13,15H,1-11H2,(H,16,17). The van der Waals surface area contributed by atoms with Crippen molar-refractivity contribution in [2.45, 2.75) is 63.8 Å². The van der Waals surface area contributed by atoms with E-state index in [1.165, 1.54) is 38.5 Å². The smallest absolute Gasteiger partial charge is 0.220 e. The molecule has 0 aromatic rings. The second kappa shape index (κ2) is 7.00. The van der Waals surface area contributed by atoms with Crippen LogP contribution in [-0.2, 0) is 4.79 Å². The first-order chi connectivity index (χ1) is 8.34. The van der Waals surface area contributed by atoms with Crippen molar-refractivity contribution in [1.29, 1.82) is 0 Å². The summed E-state index contributed by atoms with van der Waals surface area (Å²) in [7, 11) is 0. The molecule has 1 amide bonds. The molecule has 0 bridgehead atoms. The summed E-state index contributed by atoms with van der Waals surface area (Å²) in [6.45, 7) is 2.01. The average Bonchev–Trinajstić information content (AvgIpc) is 3.17. The minimum Gasteiger partial charge on any atom is -0.356 e. The molecule has 0 aromatic heterocycles. The Bertz CT molecular complexity index is 232. The summed E-state index contributed by atoms with van der Waals surface area (Å²) in [5.74, 6) is 1.23. The minimum absolute atomic E-state index is 0.244. The summed E-state index contributed by atoms with van der Waals surface area (Å²) in [6, 6.07) is 0.584. The van der Waals surface area contributed by atoms with Crippen LogP contribution in [0, 0.1) is 5.92 Å². The molecule has 1 aliphatic carbocycles. The summed E-state index contributed by atoms with van der Waals surface area (Å²) in [5.41, 5.74) is 0. The van der Waals surface area contributed by atoms with Gasteiger partial charge >= 0.3 is 0 Å². The number of carbonyl (C=O) groups excluding carboxylic acids is 1. The number of piperidine rings is 1. The summed E-state index contributed by atoms with van der Waals surface area (Å²) in [4.78, 5) is 11.6. The largest absolute Gasteiger partial charge is 0.356 e. The van der Waals surface area contributed by atoms with Gasteiger partial charge in [0, 0.05) is 19.0 Å². The van der Waals surface area contributed by atoms with Crippen molar-refractivity contribution >= 4 is 5.91 Å². The van der Waals surface area contributed by atoms with Gasteiger partial charge in [-0.3, -0.25) is 4.79 Å². The SMILES string of the molecule is O=C(CCC1CCCCN1)NCCCC1CC1. The molecule has 3 heteroatoms. The van der Waals surface area contributed by atoms with Crippen molar-refractivity contribution < 1.29 is 4.79 Å². The highest BCUT2D eigenvalue weighted by Gasteiger charge is 2.20. The van der Waals surface area contributed by atoms with Crippen molar-refractivity contribution in [2.75, 3.05) is 13.1 Å². The van der Waals surface area contributed by atoms with Gasteiger partial charge in [-0.1, -0.05) is 19.3 Å². The third kappa shape index (κ3) is 5.53. The maximum absolute atomic E-state index is 11.6. The van der Waals surface area contributed by atoms with Crippen LogP contribution in [0.15, 0.2) is 0 Å². The number of nitrogens with one attached hydrogen (secondary N) is 2. The van der Waals surface area contributed by atoms with Gasteiger partial charge in [0.1, 0.15) is 0 Å². The van der Waals surface area contributed by atoms with Gasteiger partial charge < -0.3 is 10.6 Å². The average molecular weight is 238 g/mol. The van der Waals surface area contributed by atoms with Crippen molar-refractivity contribution in [3.63, 3.8) is 0 Å². The van der Waals surface area contributed by atoms with Gasteiger partial charge in [0.05, 0.1) is 0 Å². The van der Waals surface area contributed by atoms with Crippen LogP contribution in [0.25, 0.3) is 0 Å². The Morgan fingerprint density at radius 2 is 2.06 bits per heavy atom. The third-order valence-electron chi connectivity index (χ3n) is 3.94. The Morgan fingerprint density at radius 3 is 2.76 bits per heavy atom. The normalized spacial score (nSPS) is 24.6. The highest BCUT2D eigenvalue weighted by atomic mass is 16.1. The molecule has 1 unspecified atom stereocenters. The van der Waals surface area contributed by atoms with Gasteiger partial charge in [0.15, 0.2) is 0 Å². The number of hydrogen-bond donors (Lipinski definition) is 2. The fourth-order valence-corrected chi connectivity index (χ4v) is 2.59. The van der Waals surface area contributed by atoms with Gasteiger partial charge in [-0.05, 0) is 44.6 Å². The number of hydrogen-bond acceptors (Lipinski definition) is 2. The van der Waals surface area contributed by atoms with E-state index in [9.17, 15) is 4.79 Å². The fraction of sp³-hybridized carbons (Fsp3) is 0.929. The van der Waals surface area contributed by atoms with Crippen molar-refractivity contribution in [3.8, 4) is 0 Å². The van der Waals surface area contributed by atoms with E-state index >= 15 is 0 Å². The molecule has 2 fully saturated rings. The van der Waals surface area contributed by atoms with Crippen molar-refractivity contribution in [3.05, 3.63) is 0 Å². The molecular formula is C14H26N2O. The molecule has 1 aliphatic heterocycles. The van der Waals surface area contributed by atoms with Crippen LogP contribution in [-0.4, -0.2) is 25.0 Å². The van der Waals surface area contributed by atoms with E-state index in [2.05, 4.69) is 10.6 Å². The lowest BCUT2D eigenvalue weighted by Gasteiger charge is -2.23. The second-order valence-electron chi connectivity index (χ2n) is 5.62. The zero-order valence-corrected chi connectivity index (χ0v) is 10.8. The van der Waals surface area contributed by atoms with Crippen LogP contribution in [0.3, 0.4) is 0 Å². The summed E-state index contributed by atoms with van der Waals surface area (Å²) in [5, 5.41) is 6.52. The second-order valence-corrected chi connectivity index (χ2v) is 5.62. The van der Waals surface area contributed by atoms with Gasteiger partial charge in [-0.2, -0.15) is 0 Å². The highest BCUT2D eigenvalue weighted by Crippen LogP contribution is 2.33. The fourth-order valence-electron chi connectivity index (χ4n) is 2.59. The van der Waals surface area contributed by atoms with Crippen LogP contribution in [0.5, 0.6) is 0 Å².